The largest absolute Gasteiger partial charge is 0.472 e. The van der Waals surface area contributed by atoms with Gasteiger partial charge in [-0.25, -0.2) is 9.13 Å². The Morgan fingerprint density at radius 2 is 0.505 bits per heavy atom. The molecule has 0 bridgehead atoms. The Hall–Kier alpha value is -1.94. The Morgan fingerprint density at radius 3 is 0.752 bits per heavy atom. The molecule has 3 N–H and O–H groups in total. The van der Waals surface area contributed by atoms with Crippen LogP contribution in [0.2, 0.25) is 0 Å². The van der Waals surface area contributed by atoms with Crippen LogP contribution >= 0.6 is 15.6 Å². The van der Waals surface area contributed by atoms with E-state index in [1.165, 1.54) is 238 Å². The highest BCUT2D eigenvalue weighted by atomic mass is 31.2. The number of hydrogen-bond acceptors (Lipinski definition) is 15. The molecule has 19 heteroatoms. The van der Waals surface area contributed by atoms with E-state index in [1.54, 1.807) is 0 Å². The van der Waals surface area contributed by atoms with Gasteiger partial charge < -0.3 is 33.8 Å². The van der Waals surface area contributed by atoms with Crippen LogP contribution in [0.3, 0.4) is 0 Å². The van der Waals surface area contributed by atoms with Crippen LogP contribution < -0.4 is 0 Å². The quantitative estimate of drug-likeness (QED) is 0.0222. The number of rotatable bonds is 80. The molecule has 0 fully saturated rings. The second kappa shape index (κ2) is 72.3. The third-order valence-corrected chi connectivity index (χ3v) is 21.8. The van der Waals surface area contributed by atoms with Crippen molar-refractivity contribution in [2.75, 3.05) is 39.6 Å². The minimum atomic E-state index is -4.96. The summed E-state index contributed by atoms with van der Waals surface area (Å²) in [6, 6.07) is 0. The zero-order chi connectivity index (χ0) is 74.4. The topological polar surface area (TPSA) is 237 Å². The normalized spacial score (nSPS) is 14.5. The van der Waals surface area contributed by atoms with Crippen LogP contribution in [0.25, 0.3) is 0 Å². The predicted molar refractivity (Wildman–Crippen MR) is 414 cm³/mol. The summed E-state index contributed by atoms with van der Waals surface area (Å²) in [5, 5.41) is 10.6. The molecule has 0 saturated carbocycles. The Morgan fingerprint density at radius 1 is 0.287 bits per heavy atom. The number of aliphatic hydroxyl groups is 1. The Labute approximate surface area is 619 Å². The predicted octanol–water partition coefficient (Wildman–Crippen LogP) is 24.5. The molecule has 0 aliphatic heterocycles. The lowest BCUT2D eigenvalue weighted by atomic mass is 9.99. The van der Waals surface area contributed by atoms with Crippen molar-refractivity contribution in [3.8, 4) is 0 Å². The first-order valence-electron chi connectivity index (χ1n) is 42.4. The molecule has 0 amide bonds. The van der Waals surface area contributed by atoms with Crippen LogP contribution in [0, 0.1) is 17.8 Å². The average molecular weight is 1480 g/mol. The van der Waals surface area contributed by atoms with Crippen molar-refractivity contribution in [3.05, 3.63) is 0 Å². The fraction of sp³-hybridized carbons (Fsp3) is 0.951. The summed E-state index contributed by atoms with van der Waals surface area (Å²) >= 11 is 0. The summed E-state index contributed by atoms with van der Waals surface area (Å²) < 4.78 is 68.7. The number of phosphoric ester groups is 2. The maximum Gasteiger partial charge on any atom is 0.472 e. The molecule has 4 unspecified atom stereocenters. The van der Waals surface area contributed by atoms with Gasteiger partial charge in [0, 0.05) is 25.7 Å². The zero-order valence-corrected chi connectivity index (χ0v) is 68.2. The number of carbonyl (C=O) groups is 4. The Balaban J connectivity index is 5.23. The summed E-state index contributed by atoms with van der Waals surface area (Å²) in [6.45, 7) is 12.1. The lowest BCUT2D eigenvalue weighted by Gasteiger charge is -2.21. The van der Waals surface area contributed by atoms with E-state index in [0.717, 1.165) is 108 Å². The molecule has 0 spiro atoms. The summed E-state index contributed by atoms with van der Waals surface area (Å²) in [7, 11) is -9.92. The van der Waals surface area contributed by atoms with Crippen molar-refractivity contribution in [3.63, 3.8) is 0 Å². The van der Waals surface area contributed by atoms with E-state index in [4.69, 9.17) is 37.0 Å². The number of esters is 4. The van der Waals surface area contributed by atoms with Crippen LogP contribution in [0.5, 0.6) is 0 Å². The molecule has 101 heavy (non-hydrogen) atoms. The van der Waals surface area contributed by atoms with Crippen LogP contribution in [0.4, 0.5) is 0 Å². The molecular formula is C82H160O17P2. The smallest absolute Gasteiger partial charge is 0.462 e. The van der Waals surface area contributed by atoms with Gasteiger partial charge in [-0.15, -0.1) is 0 Å². The first-order valence-corrected chi connectivity index (χ1v) is 45.4. The second-order valence-electron chi connectivity index (χ2n) is 30.5. The van der Waals surface area contributed by atoms with Gasteiger partial charge in [0.25, 0.3) is 0 Å². The van der Waals surface area contributed by atoms with Crippen molar-refractivity contribution < 1.29 is 80.2 Å². The van der Waals surface area contributed by atoms with Crippen molar-refractivity contribution >= 4 is 39.5 Å². The van der Waals surface area contributed by atoms with E-state index >= 15 is 0 Å². The van der Waals surface area contributed by atoms with E-state index in [9.17, 15) is 43.2 Å². The highest BCUT2D eigenvalue weighted by Crippen LogP contribution is 2.45. The van der Waals surface area contributed by atoms with Crippen LogP contribution in [0.15, 0.2) is 0 Å². The fourth-order valence-electron chi connectivity index (χ4n) is 12.6. The Kier molecular flexibility index (Phi) is 70.9. The van der Waals surface area contributed by atoms with Gasteiger partial charge >= 0.3 is 39.5 Å². The lowest BCUT2D eigenvalue weighted by molar-refractivity contribution is -0.161. The molecular weight excluding hydrogens is 1320 g/mol. The maximum atomic E-state index is 13.1. The number of carbonyl (C=O) groups excluding carboxylic acids is 4. The van der Waals surface area contributed by atoms with Gasteiger partial charge in [-0.05, 0) is 43.4 Å². The van der Waals surface area contributed by atoms with E-state index < -0.39 is 97.5 Å². The maximum absolute atomic E-state index is 13.1. The molecule has 0 aromatic carbocycles. The molecule has 0 aliphatic rings. The first kappa shape index (κ1) is 99.1. The van der Waals surface area contributed by atoms with E-state index in [-0.39, 0.29) is 25.7 Å². The third-order valence-electron chi connectivity index (χ3n) is 19.9. The van der Waals surface area contributed by atoms with Crippen molar-refractivity contribution in [2.24, 2.45) is 17.8 Å². The zero-order valence-electron chi connectivity index (χ0n) is 66.4. The number of ether oxygens (including phenoxy) is 4. The van der Waals surface area contributed by atoms with Gasteiger partial charge in [0.2, 0.25) is 0 Å². The van der Waals surface area contributed by atoms with Gasteiger partial charge in [0.1, 0.15) is 19.3 Å². The third kappa shape index (κ3) is 73.4. The SMILES string of the molecule is CCCCCCCCCCCC(=O)OC[C@H](COP(=O)(O)OC[C@H](O)COP(=O)(O)OC[C@@H](COC(=O)CCCCCCCCCCCCCCCCC(C)CC)OC(=O)CCCCCCCCCCCCCCCCC(C)CC)OC(=O)CCCCCCCCCCCCCCCC(C)C. The van der Waals surface area contributed by atoms with Crippen LogP contribution in [-0.4, -0.2) is 96.7 Å². The fourth-order valence-corrected chi connectivity index (χ4v) is 14.2. The van der Waals surface area contributed by atoms with Crippen molar-refractivity contribution in [1.82, 2.24) is 0 Å². The van der Waals surface area contributed by atoms with Gasteiger partial charge in [-0.1, -0.05) is 376 Å². The molecule has 0 aromatic heterocycles. The van der Waals surface area contributed by atoms with Crippen LogP contribution in [0.1, 0.15) is 427 Å². The molecule has 0 saturated heterocycles. The van der Waals surface area contributed by atoms with Crippen molar-refractivity contribution in [1.29, 1.82) is 0 Å². The monoisotopic (exact) mass is 1480 g/mol. The minimum absolute atomic E-state index is 0.107. The minimum Gasteiger partial charge on any atom is -0.462 e. The van der Waals surface area contributed by atoms with E-state index in [2.05, 4.69) is 48.5 Å². The highest BCUT2D eigenvalue weighted by molar-refractivity contribution is 7.47. The second-order valence-corrected chi connectivity index (χ2v) is 33.4. The van der Waals surface area contributed by atoms with E-state index in [0.29, 0.717) is 25.7 Å². The van der Waals surface area contributed by atoms with E-state index in [1.807, 2.05) is 0 Å². The molecule has 0 radical (unpaired) electrons. The number of phosphoric acid groups is 2. The molecule has 0 rings (SSSR count). The molecule has 17 nitrogen and oxygen atoms in total. The van der Waals surface area contributed by atoms with Gasteiger partial charge in [-0.3, -0.25) is 37.3 Å². The summed E-state index contributed by atoms with van der Waals surface area (Å²) in [5.41, 5.74) is 0. The van der Waals surface area contributed by atoms with Crippen molar-refractivity contribution in [2.45, 2.75) is 446 Å². The van der Waals surface area contributed by atoms with Gasteiger partial charge in [0.05, 0.1) is 26.4 Å². The number of unbranched alkanes of at least 4 members (excludes halogenated alkanes) is 46. The van der Waals surface area contributed by atoms with Gasteiger partial charge in [0.15, 0.2) is 12.2 Å². The summed E-state index contributed by atoms with van der Waals surface area (Å²) in [5.74, 6) is 0.373. The molecule has 0 aromatic rings. The molecule has 600 valence electrons. The highest BCUT2D eigenvalue weighted by Gasteiger charge is 2.30. The summed E-state index contributed by atoms with van der Waals surface area (Å²) in [6.07, 6.45) is 60.9. The number of aliphatic hydroxyl groups excluding tert-OH is 1. The lowest BCUT2D eigenvalue weighted by Crippen LogP contribution is -2.30. The first-order chi connectivity index (χ1) is 48.8. The van der Waals surface area contributed by atoms with Gasteiger partial charge in [-0.2, -0.15) is 0 Å². The van der Waals surface area contributed by atoms with Crippen LogP contribution in [-0.2, 0) is 65.4 Å². The molecule has 0 aliphatic carbocycles. The summed E-state index contributed by atoms with van der Waals surface area (Å²) in [4.78, 5) is 73.0. The average Bonchev–Trinajstić information content (AvgIpc) is 0.982. The standard InChI is InChI=1S/C82H160O17P2/c1-8-11-12-13-14-32-42-49-56-63-79(84)92-69-77(98-82(87)66-59-52-45-38-31-25-19-20-26-33-39-46-53-60-73(4)5)71-96-100(88,89)94-67-76(83)68-95-101(90,91)97-72-78(99-81(86)65-58-51-44-37-30-24-18-16-22-28-35-41-48-55-62-75(7)10-3)70-93-80(85)64-57-50-43-36-29-23-17-15-21-27-34-40-47-54-61-74(6)9-2/h73-78,83H,8-72H2,1-7H3,(H,88,89)(H,90,91)/t74?,75?,76-,77+,78+/m0/s1. The molecule has 7 atom stereocenters. The molecule has 0 heterocycles. The number of hydrogen-bond donors (Lipinski definition) is 3. The Bertz CT molecular complexity index is 1960.